The summed E-state index contributed by atoms with van der Waals surface area (Å²) in [7, 11) is 0. The Morgan fingerprint density at radius 3 is 1.96 bits per heavy atom. The van der Waals surface area contributed by atoms with Crippen molar-refractivity contribution in [2.75, 3.05) is 0 Å². The summed E-state index contributed by atoms with van der Waals surface area (Å²) in [4.78, 5) is 0. The van der Waals surface area contributed by atoms with Crippen LogP contribution in [0.5, 0.6) is 0 Å². The van der Waals surface area contributed by atoms with Gasteiger partial charge in [0.15, 0.2) is 0 Å². The molecule has 0 aromatic heterocycles. The number of rotatable bonds is 0. The van der Waals surface area contributed by atoms with E-state index in [9.17, 15) is 0 Å². The van der Waals surface area contributed by atoms with Gasteiger partial charge in [-0.1, -0.05) is 59.8 Å². The average molecular weight is 1330 g/mol. The van der Waals surface area contributed by atoms with Gasteiger partial charge in [0, 0.05) is 0 Å². The number of benzene rings is 3. The van der Waals surface area contributed by atoms with Gasteiger partial charge in [-0.3, -0.25) is 0 Å². The summed E-state index contributed by atoms with van der Waals surface area (Å²) in [6.45, 7) is 6.63. The van der Waals surface area contributed by atoms with Crippen molar-refractivity contribution in [1.82, 2.24) is 0 Å². The third-order valence-electron chi connectivity index (χ3n) is 4.50. The summed E-state index contributed by atoms with van der Waals surface area (Å²) >= 11 is 0. The second-order valence-corrected chi connectivity index (χ2v) is 5.84. The summed E-state index contributed by atoms with van der Waals surface area (Å²) in [6.07, 6.45) is 0. The van der Waals surface area contributed by atoms with Gasteiger partial charge in [-0.2, -0.15) is 0 Å². The third-order valence-corrected chi connectivity index (χ3v) is 4.50. The number of aryl methyl sites for hydroxylation is 3. The molecule has 0 spiro atoms. The summed E-state index contributed by atoms with van der Waals surface area (Å²) in [6, 6.07) is 17.9. The summed E-state index contributed by atoms with van der Waals surface area (Å²) in [5, 5.41) is 8.35. The number of hydrogen-bond acceptors (Lipinski definition) is 0. The first-order valence-electron chi connectivity index (χ1n) is 7.14. The maximum absolute atomic E-state index is 2.35. The van der Waals surface area contributed by atoms with Crippen LogP contribution in [-0.4, -0.2) is 0 Å². The molecule has 4 aromatic carbocycles. The SMILES string of the molecule is Cc1ccc2c3c4ccccc4c(C)cc3[c-](C)c2c1.[Rf].[Rf].[Rf].[Rf]. The van der Waals surface area contributed by atoms with Gasteiger partial charge in [0.05, 0.1) is 0 Å². The number of fused-ring (bicyclic) bond motifs is 5. The Bertz CT molecular complexity index is 983. The van der Waals surface area contributed by atoms with Crippen LogP contribution in [0.1, 0.15) is 16.7 Å². The normalized spacial score (nSPS) is 9.79. The van der Waals surface area contributed by atoms with Crippen LogP contribution in [0.15, 0.2) is 48.5 Å². The van der Waals surface area contributed by atoms with E-state index >= 15 is 0 Å². The molecule has 106 valence electrons. The van der Waals surface area contributed by atoms with E-state index in [1.807, 2.05) is 0 Å². The van der Waals surface area contributed by atoms with E-state index in [4.69, 9.17) is 0 Å². The van der Waals surface area contributed by atoms with Crippen molar-refractivity contribution in [2.45, 2.75) is 20.8 Å². The molecule has 0 amide bonds. The van der Waals surface area contributed by atoms with Crippen molar-refractivity contribution in [3.63, 3.8) is 0 Å². The van der Waals surface area contributed by atoms with Gasteiger partial charge in [0.25, 0.3) is 0 Å². The standard InChI is InChI=1S/C20H17.4Rf/c1-12-8-9-17-18(10-12)14(3)19-11-13(2)15-6-4-5-7-16(15)20(17)19;;;;/h4-11H,1-3H3;;;;/q-1;;;;. The molecule has 4 heteroatoms. The summed E-state index contributed by atoms with van der Waals surface area (Å²) in [5.74, 6) is 0. The quantitative estimate of drug-likeness (QED) is 0.196. The fourth-order valence-corrected chi connectivity index (χ4v) is 3.47. The van der Waals surface area contributed by atoms with E-state index in [0.29, 0.717) is 0 Å². The smallest absolute Gasteiger partial charge is 0 e. The molecule has 0 heterocycles. The van der Waals surface area contributed by atoms with E-state index in [0.717, 1.165) is 0 Å². The van der Waals surface area contributed by atoms with Crippen LogP contribution in [-0.2, 0) is 0 Å². The van der Waals surface area contributed by atoms with Gasteiger partial charge in [0.2, 0.25) is 0 Å². The maximum atomic E-state index is 2.35. The first-order chi connectivity index (χ1) is 9.66. The predicted octanol–water partition coefficient (Wildman–Crippen LogP) is 5.79. The van der Waals surface area contributed by atoms with Crippen molar-refractivity contribution in [1.29, 1.82) is 0 Å². The molecule has 0 aliphatic carbocycles. The van der Waals surface area contributed by atoms with Crippen molar-refractivity contribution >= 4 is 32.3 Å². The van der Waals surface area contributed by atoms with Crippen LogP contribution in [0.3, 0.4) is 0 Å². The predicted molar refractivity (Wildman–Crippen MR) is 88.8 cm³/mol. The van der Waals surface area contributed by atoms with Crippen molar-refractivity contribution in [3.8, 4) is 0 Å². The van der Waals surface area contributed by atoms with E-state index in [-0.39, 0.29) is 0 Å². The molecule has 4 rings (SSSR count). The van der Waals surface area contributed by atoms with Crippen LogP contribution in [0.4, 0.5) is 0 Å². The molecule has 0 aliphatic rings. The molecule has 0 atom stereocenters. The molecule has 0 saturated carbocycles. The summed E-state index contributed by atoms with van der Waals surface area (Å²) in [5.41, 5.74) is 4.10. The van der Waals surface area contributed by atoms with Crippen LogP contribution < -0.4 is 0 Å². The van der Waals surface area contributed by atoms with Gasteiger partial charge < -0.3 is 0 Å². The van der Waals surface area contributed by atoms with Crippen molar-refractivity contribution < 1.29 is 0 Å². The van der Waals surface area contributed by atoms with Gasteiger partial charge in [0.1, 0.15) is 0 Å². The zero-order chi connectivity index (χ0) is 13.9. The van der Waals surface area contributed by atoms with Crippen LogP contribution in [0.2, 0.25) is 0 Å². The Labute approximate surface area is 119 Å². The molecule has 0 nitrogen and oxygen atoms in total. The Balaban J connectivity index is 0.00000132. The number of hydrogen-bond donors (Lipinski definition) is 0. The molecule has 0 fully saturated rings. The molecule has 0 saturated heterocycles. The topological polar surface area (TPSA) is 0 Å². The van der Waals surface area contributed by atoms with E-state index in [2.05, 4.69) is 69.3 Å². The maximum Gasteiger partial charge on any atom is 0 e. The zero-order valence-corrected chi connectivity index (χ0v) is 40.5. The van der Waals surface area contributed by atoms with Crippen LogP contribution in [0, 0.1) is 20.8 Å². The average Bonchev–Trinajstić information content (AvgIpc) is 2.73. The molecule has 0 radical (unpaired) electrons. The van der Waals surface area contributed by atoms with Crippen molar-refractivity contribution in [2.24, 2.45) is 0 Å². The van der Waals surface area contributed by atoms with Crippen LogP contribution >= 0.6 is 0 Å². The molecule has 24 heavy (non-hydrogen) atoms. The van der Waals surface area contributed by atoms with Gasteiger partial charge in [-0.05, 0) is 19.2 Å². The summed E-state index contributed by atoms with van der Waals surface area (Å²) < 4.78 is 0. The minimum absolute atomic E-state index is 0. The van der Waals surface area contributed by atoms with Gasteiger partial charge in [-0.15, -0.1) is 39.2 Å². The molecular weight excluding hydrogens is 1310 g/mol. The second-order valence-electron chi connectivity index (χ2n) is 5.84. The fraction of sp³-hybridized carbons (Fsp3) is 0.150. The minimum Gasteiger partial charge on any atom is -0.120 e. The first kappa shape index (κ1) is 17.8. The Hall–Kier alpha value is -6.21. The van der Waals surface area contributed by atoms with Gasteiger partial charge in [-0.25, -0.2) is 0 Å². The zero-order valence-electron chi connectivity index (χ0n) is 14.9. The van der Waals surface area contributed by atoms with E-state index in [1.165, 1.54) is 49.0 Å². The largest absolute Gasteiger partial charge is 0.120 e. The molecule has 0 unspecified atom stereocenters. The molecule has 4 aromatic rings. The molecule has 0 bridgehead atoms. The van der Waals surface area contributed by atoms with E-state index in [1.54, 1.807) is 0 Å². The Kier molecular flexibility index (Phi) is 3.74. The van der Waals surface area contributed by atoms with Gasteiger partial charge >= 0.3 is 0 Å². The minimum atomic E-state index is 0. The Morgan fingerprint density at radius 2 is 1.29 bits per heavy atom. The fourth-order valence-electron chi connectivity index (χ4n) is 3.47. The molecule has 0 N–H and O–H groups in total. The monoisotopic (exact) mass is 1330 g/mol. The van der Waals surface area contributed by atoms with Crippen molar-refractivity contribution in [3.05, 3.63) is 65.2 Å². The Morgan fingerprint density at radius 1 is 0.667 bits per heavy atom. The van der Waals surface area contributed by atoms with Crippen LogP contribution in [0.25, 0.3) is 32.3 Å². The molecular formula is C20H17Rf4-. The van der Waals surface area contributed by atoms with E-state index < -0.39 is 0 Å². The first-order valence-corrected chi connectivity index (χ1v) is 7.14. The molecule has 0 aliphatic heterocycles. The second kappa shape index (κ2) is 5.05. The third kappa shape index (κ3) is 1.65.